The summed E-state index contributed by atoms with van der Waals surface area (Å²) in [5, 5.41) is 0. The fraction of sp³-hybridized carbons (Fsp3) is 0.211. The van der Waals surface area contributed by atoms with Crippen molar-refractivity contribution in [1.29, 1.82) is 0 Å². The van der Waals surface area contributed by atoms with Gasteiger partial charge < -0.3 is 4.74 Å². The molecule has 0 aliphatic rings. The van der Waals surface area contributed by atoms with Gasteiger partial charge in [0.15, 0.2) is 0 Å². The molecule has 1 atom stereocenters. The van der Waals surface area contributed by atoms with E-state index in [0.29, 0.717) is 5.88 Å². The molecule has 0 N–H and O–H groups in total. The average molecular weight is 320 g/mol. The lowest BCUT2D eigenvalue weighted by Crippen LogP contribution is -2.22. The van der Waals surface area contributed by atoms with Gasteiger partial charge in [0.05, 0.1) is 11.9 Å². The van der Waals surface area contributed by atoms with Crippen molar-refractivity contribution < 1.29 is 4.74 Å². The fourth-order valence-electron chi connectivity index (χ4n) is 2.40. The van der Waals surface area contributed by atoms with Crippen molar-refractivity contribution in [1.82, 2.24) is 19.9 Å². The molecule has 0 radical (unpaired) electrons. The number of ether oxygens (including phenoxy) is 1. The van der Waals surface area contributed by atoms with E-state index in [0.717, 1.165) is 18.0 Å². The maximum atomic E-state index is 5.66. The molecule has 0 saturated carbocycles. The molecule has 122 valence electrons. The summed E-state index contributed by atoms with van der Waals surface area (Å²) in [5.74, 6) is 1.24. The maximum Gasteiger partial charge on any atom is 0.237 e. The van der Waals surface area contributed by atoms with Gasteiger partial charge in [-0.1, -0.05) is 18.2 Å². The number of aromatic nitrogens is 3. The van der Waals surface area contributed by atoms with Gasteiger partial charge in [-0.05, 0) is 43.8 Å². The van der Waals surface area contributed by atoms with E-state index in [4.69, 9.17) is 4.74 Å². The van der Waals surface area contributed by atoms with E-state index in [1.807, 2.05) is 30.5 Å². The number of pyridine rings is 1. The number of benzene rings is 1. The Balaban J connectivity index is 1.61. The van der Waals surface area contributed by atoms with E-state index >= 15 is 0 Å². The predicted octanol–water partition coefficient (Wildman–Crippen LogP) is 3.86. The molecule has 3 aromatic rings. The number of hydrogen-bond donors (Lipinski definition) is 0. The SMILES string of the molecule is CC(c1ccccn1)N(C)Cc1ccc(Oc2cnccn2)cc1. The van der Waals surface area contributed by atoms with Gasteiger partial charge in [0, 0.05) is 31.2 Å². The lowest BCUT2D eigenvalue weighted by molar-refractivity contribution is 0.248. The quantitative estimate of drug-likeness (QED) is 0.690. The molecule has 3 rings (SSSR count). The minimum atomic E-state index is 0.252. The number of nitrogens with zero attached hydrogens (tertiary/aromatic N) is 4. The summed E-state index contributed by atoms with van der Waals surface area (Å²) in [4.78, 5) is 14.8. The van der Waals surface area contributed by atoms with E-state index < -0.39 is 0 Å². The average Bonchev–Trinajstić information content (AvgIpc) is 2.64. The van der Waals surface area contributed by atoms with Crippen LogP contribution in [0.25, 0.3) is 0 Å². The van der Waals surface area contributed by atoms with Crippen LogP contribution in [0.1, 0.15) is 24.2 Å². The van der Waals surface area contributed by atoms with Crippen LogP contribution in [0.5, 0.6) is 11.6 Å². The van der Waals surface area contributed by atoms with Gasteiger partial charge in [-0.2, -0.15) is 0 Å². The van der Waals surface area contributed by atoms with E-state index in [1.54, 1.807) is 18.6 Å². The molecule has 0 fully saturated rings. The highest BCUT2D eigenvalue weighted by molar-refractivity contribution is 5.30. The molecule has 2 heterocycles. The van der Waals surface area contributed by atoms with E-state index in [9.17, 15) is 0 Å². The smallest absolute Gasteiger partial charge is 0.237 e. The van der Waals surface area contributed by atoms with Crippen molar-refractivity contribution in [3.8, 4) is 11.6 Å². The van der Waals surface area contributed by atoms with Crippen LogP contribution in [0, 0.1) is 0 Å². The minimum absolute atomic E-state index is 0.252. The third-order valence-electron chi connectivity index (χ3n) is 3.89. The lowest BCUT2D eigenvalue weighted by Gasteiger charge is -2.24. The Hall–Kier alpha value is -2.79. The lowest BCUT2D eigenvalue weighted by atomic mass is 10.1. The Kier molecular flexibility index (Phi) is 5.13. The van der Waals surface area contributed by atoms with Crippen LogP contribution in [0.2, 0.25) is 0 Å². The van der Waals surface area contributed by atoms with Crippen LogP contribution in [-0.2, 0) is 6.54 Å². The van der Waals surface area contributed by atoms with Crippen molar-refractivity contribution in [2.75, 3.05) is 7.05 Å². The van der Waals surface area contributed by atoms with Crippen LogP contribution in [0.4, 0.5) is 0 Å². The molecular formula is C19H20N4O. The second-order valence-corrected chi connectivity index (χ2v) is 5.64. The van der Waals surface area contributed by atoms with Crippen molar-refractivity contribution >= 4 is 0 Å². The Labute approximate surface area is 142 Å². The topological polar surface area (TPSA) is 51.1 Å². The third-order valence-corrected chi connectivity index (χ3v) is 3.89. The highest BCUT2D eigenvalue weighted by atomic mass is 16.5. The molecule has 1 unspecified atom stereocenters. The summed E-state index contributed by atoms with van der Waals surface area (Å²) >= 11 is 0. The highest BCUT2D eigenvalue weighted by Gasteiger charge is 2.12. The Morgan fingerprint density at radius 1 is 1.00 bits per heavy atom. The summed E-state index contributed by atoms with van der Waals surface area (Å²) in [6.45, 7) is 3.00. The zero-order valence-corrected chi connectivity index (χ0v) is 13.8. The van der Waals surface area contributed by atoms with E-state index in [1.165, 1.54) is 5.56 Å². The summed E-state index contributed by atoms with van der Waals surface area (Å²) in [6.07, 6.45) is 6.65. The predicted molar refractivity (Wildman–Crippen MR) is 92.7 cm³/mol. The van der Waals surface area contributed by atoms with Crippen LogP contribution in [0.15, 0.2) is 67.3 Å². The first-order chi connectivity index (χ1) is 11.7. The molecule has 0 spiro atoms. The monoisotopic (exact) mass is 320 g/mol. The zero-order valence-electron chi connectivity index (χ0n) is 13.8. The summed E-state index contributed by atoms with van der Waals surface area (Å²) in [6, 6.07) is 14.3. The van der Waals surface area contributed by atoms with Crippen molar-refractivity contribution in [2.45, 2.75) is 19.5 Å². The first-order valence-electron chi connectivity index (χ1n) is 7.86. The first-order valence-corrected chi connectivity index (χ1v) is 7.86. The number of rotatable bonds is 6. The molecule has 0 aliphatic carbocycles. The molecule has 0 aliphatic heterocycles. The standard InChI is InChI=1S/C19H20N4O/c1-15(18-5-3-4-10-21-18)23(2)14-16-6-8-17(9-7-16)24-19-13-20-11-12-22-19/h3-13,15H,14H2,1-2H3. The second kappa shape index (κ2) is 7.66. The molecule has 24 heavy (non-hydrogen) atoms. The molecule has 2 aromatic heterocycles. The molecule has 5 nitrogen and oxygen atoms in total. The van der Waals surface area contributed by atoms with Crippen LogP contribution in [0.3, 0.4) is 0 Å². The van der Waals surface area contributed by atoms with Crippen LogP contribution >= 0.6 is 0 Å². The van der Waals surface area contributed by atoms with Gasteiger partial charge in [0.2, 0.25) is 5.88 Å². The fourth-order valence-corrected chi connectivity index (χ4v) is 2.40. The molecule has 1 aromatic carbocycles. The minimum Gasteiger partial charge on any atom is -0.438 e. The first kappa shape index (κ1) is 16.1. The Morgan fingerprint density at radius 2 is 1.83 bits per heavy atom. The highest BCUT2D eigenvalue weighted by Crippen LogP contribution is 2.22. The molecule has 0 saturated heterocycles. The second-order valence-electron chi connectivity index (χ2n) is 5.64. The molecule has 5 heteroatoms. The normalized spacial score (nSPS) is 12.1. The van der Waals surface area contributed by atoms with Crippen molar-refractivity contribution in [3.05, 3.63) is 78.5 Å². The van der Waals surface area contributed by atoms with Crippen LogP contribution in [-0.4, -0.2) is 26.9 Å². The third kappa shape index (κ3) is 4.14. The van der Waals surface area contributed by atoms with Crippen molar-refractivity contribution in [2.24, 2.45) is 0 Å². The molecule has 0 bridgehead atoms. The van der Waals surface area contributed by atoms with Gasteiger partial charge in [-0.15, -0.1) is 0 Å². The van der Waals surface area contributed by atoms with Gasteiger partial charge in [0.1, 0.15) is 5.75 Å². The maximum absolute atomic E-state index is 5.66. The summed E-state index contributed by atoms with van der Waals surface area (Å²) in [5.41, 5.74) is 2.29. The summed E-state index contributed by atoms with van der Waals surface area (Å²) in [7, 11) is 2.10. The van der Waals surface area contributed by atoms with Gasteiger partial charge in [-0.3, -0.25) is 14.9 Å². The van der Waals surface area contributed by atoms with Crippen LogP contribution < -0.4 is 4.74 Å². The van der Waals surface area contributed by atoms with Gasteiger partial charge >= 0.3 is 0 Å². The zero-order chi connectivity index (χ0) is 16.8. The van der Waals surface area contributed by atoms with Gasteiger partial charge in [-0.25, -0.2) is 4.98 Å². The molecular weight excluding hydrogens is 300 g/mol. The molecule has 0 amide bonds. The number of hydrogen-bond acceptors (Lipinski definition) is 5. The Morgan fingerprint density at radius 3 is 2.50 bits per heavy atom. The van der Waals surface area contributed by atoms with Gasteiger partial charge in [0.25, 0.3) is 0 Å². The summed E-state index contributed by atoms with van der Waals surface area (Å²) < 4.78 is 5.66. The Bertz CT molecular complexity index is 747. The van der Waals surface area contributed by atoms with Crippen molar-refractivity contribution in [3.63, 3.8) is 0 Å². The van der Waals surface area contributed by atoms with E-state index in [-0.39, 0.29) is 6.04 Å². The van der Waals surface area contributed by atoms with E-state index in [2.05, 4.69) is 52.0 Å². The largest absolute Gasteiger partial charge is 0.438 e.